The van der Waals surface area contributed by atoms with Crippen molar-refractivity contribution in [2.24, 2.45) is 5.41 Å². The summed E-state index contributed by atoms with van der Waals surface area (Å²) in [5.74, 6) is -0.986. The van der Waals surface area contributed by atoms with Gasteiger partial charge in [0.1, 0.15) is 22.9 Å². The zero-order chi connectivity index (χ0) is 27.5. The van der Waals surface area contributed by atoms with Gasteiger partial charge in [0.15, 0.2) is 5.78 Å². The van der Waals surface area contributed by atoms with Crippen LogP contribution in [0.1, 0.15) is 22.6 Å². The minimum Gasteiger partial charge on any atom is -0.497 e. The first-order valence-corrected chi connectivity index (χ1v) is 12.9. The van der Waals surface area contributed by atoms with Crippen molar-refractivity contribution in [3.8, 4) is 5.75 Å². The van der Waals surface area contributed by atoms with Crippen LogP contribution in [0.4, 0.5) is 14.5 Å². The molecule has 8 heteroatoms. The van der Waals surface area contributed by atoms with Crippen LogP contribution >= 0.6 is 0 Å². The lowest BCUT2D eigenvalue weighted by atomic mass is 9.56. The van der Waals surface area contributed by atoms with E-state index >= 15 is 0 Å². The maximum Gasteiger partial charge on any atom is 0.250 e. The Balaban J connectivity index is 1.63. The van der Waals surface area contributed by atoms with Crippen molar-refractivity contribution in [1.29, 1.82) is 0 Å². The lowest BCUT2D eigenvalue weighted by Gasteiger charge is -2.50. The number of carbonyl (C=O) groups is 2. The van der Waals surface area contributed by atoms with Crippen molar-refractivity contribution < 1.29 is 23.1 Å². The Morgan fingerprint density at radius 2 is 1.64 bits per heavy atom. The molecule has 0 aromatic heterocycles. The van der Waals surface area contributed by atoms with Crippen LogP contribution in [0, 0.1) is 17.0 Å². The second-order valence-corrected chi connectivity index (χ2v) is 10.8. The Hall–Kier alpha value is -3.88. The van der Waals surface area contributed by atoms with Gasteiger partial charge in [0.05, 0.1) is 12.5 Å². The van der Waals surface area contributed by atoms with E-state index in [1.165, 1.54) is 24.3 Å². The van der Waals surface area contributed by atoms with E-state index in [1.54, 1.807) is 49.6 Å². The number of benzene rings is 3. The number of carbonyl (C=O) groups excluding carboxylic acids is 2. The molecule has 39 heavy (non-hydrogen) atoms. The third-order valence-corrected chi connectivity index (χ3v) is 8.60. The molecule has 2 spiro atoms. The van der Waals surface area contributed by atoms with Gasteiger partial charge in [-0.2, -0.15) is 0 Å². The van der Waals surface area contributed by atoms with Gasteiger partial charge in [0.2, 0.25) is 0 Å². The summed E-state index contributed by atoms with van der Waals surface area (Å²) in [5.41, 5.74) is 0.738. The zero-order valence-corrected chi connectivity index (χ0v) is 22.0. The molecule has 3 aromatic carbocycles. The molecule has 3 aliphatic rings. The number of amides is 1. The molecule has 200 valence electrons. The van der Waals surface area contributed by atoms with Crippen molar-refractivity contribution in [2.75, 3.05) is 46.2 Å². The molecule has 3 aliphatic heterocycles. The van der Waals surface area contributed by atoms with E-state index in [0.29, 0.717) is 47.8 Å². The van der Waals surface area contributed by atoms with Crippen LogP contribution in [0.2, 0.25) is 0 Å². The van der Waals surface area contributed by atoms with Gasteiger partial charge in [-0.05, 0) is 73.8 Å². The minimum atomic E-state index is -1.34. The number of likely N-dealkylation sites (N-methyl/N-ethyl adjacent to an activating group) is 2. The van der Waals surface area contributed by atoms with Crippen LogP contribution in [-0.2, 0) is 15.1 Å². The predicted octanol–water partition coefficient (Wildman–Crippen LogP) is 4.43. The average Bonchev–Trinajstić information content (AvgIpc) is 3.36. The molecule has 1 N–H and O–H groups in total. The lowest BCUT2D eigenvalue weighted by molar-refractivity contribution is -0.146. The van der Waals surface area contributed by atoms with Gasteiger partial charge in [-0.15, -0.1) is 0 Å². The summed E-state index contributed by atoms with van der Waals surface area (Å²) < 4.78 is 33.1. The Morgan fingerprint density at radius 3 is 2.31 bits per heavy atom. The number of rotatable bonds is 3. The topological polar surface area (TPSA) is 61.9 Å². The second-order valence-electron chi connectivity index (χ2n) is 10.8. The molecule has 1 amide bonds. The van der Waals surface area contributed by atoms with E-state index in [1.807, 2.05) is 25.1 Å². The monoisotopic (exact) mass is 529 g/mol. The highest BCUT2D eigenvalue weighted by atomic mass is 19.1. The fourth-order valence-corrected chi connectivity index (χ4v) is 7.08. The van der Waals surface area contributed by atoms with Crippen molar-refractivity contribution >= 4 is 23.5 Å². The zero-order valence-electron chi connectivity index (χ0n) is 22.0. The third-order valence-electron chi connectivity index (χ3n) is 8.60. The van der Waals surface area contributed by atoms with E-state index in [-0.39, 0.29) is 23.3 Å². The van der Waals surface area contributed by atoms with Gasteiger partial charge in [-0.25, -0.2) is 8.78 Å². The fraction of sp³-hybridized carbons (Fsp3) is 0.290. The molecule has 0 aliphatic carbocycles. The minimum absolute atomic E-state index is 0.144. The number of Topliss-reactive ketones (excluding diaryl/α,β-unsaturated/α-hetero) is 1. The molecule has 0 radical (unpaired) electrons. The Labute approximate surface area is 225 Å². The largest absolute Gasteiger partial charge is 0.497 e. The number of likely N-dealkylation sites (tertiary alicyclic amines) is 2. The summed E-state index contributed by atoms with van der Waals surface area (Å²) >= 11 is 0. The van der Waals surface area contributed by atoms with Crippen molar-refractivity contribution in [3.05, 3.63) is 101 Å². The van der Waals surface area contributed by atoms with E-state index < -0.39 is 16.9 Å². The first-order chi connectivity index (χ1) is 18.7. The van der Waals surface area contributed by atoms with E-state index in [9.17, 15) is 18.4 Å². The highest BCUT2D eigenvalue weighted by Crippen LogP contribution is 2.64. The maximum atomic E-state index is 15.0. The highest BCUT2D eigenvalue weighted by Gasteiger charge is 2.74. The molecule has 3 aromatic rings. The van der Waals surface area contributed by atoms with Gasteiger partial charge in [0, 0.05) is 42.4 Å². The molecular weight excluding hydrogens is 500 g/mol. The quantitative estimate of drug-likeness (QED) is 0.509. The van der Waals surface area contributed by atoms with Crippen LogP contribution in [0.15, 0.2) is 72.3 Å². The number of halogens is 2. The molecule has 0 saturated carbocycles. The summed E-state index contributed by atoms with van der Waals surface area (Å²) in [6.45, 7) is 1.09. The van der Waals surface area contributed by atoms with Crippen LogP contribution in [0.3, 0.4) is 0 Å². The van der Waals surface area contributed by atoms with Crippen LogP contribution in [-0.4, -0.2) is 62.3 Å². The van der Waals surface area contributed by atoms with Gasteiger partial charge in [-0.3, -0.25) is 14.5 Å². The molecule has 6 nitrogen and oxygen atoms in total. The number of ether oxygens (including phenoxy) is 1. The summed E-state index contributed by atoms with van der Waals surface area (Å²) in [6, 6.07) is 17.6. The summed E-state index contributed by atoms with van der Waals surface area (Å²) in [6.07, 6.45) is 1.78. The van der Waals surface area contributed by atoms with Crippen LogP contribution in [0.25, 0.3) is 6.08 Å². The molecule has 2 saturated heterocycles. The highest BCUT2D eigenvalue weighted by molar-refractivity contribution is 6.15. The van der Waals surface area contributed by atoms with Crippen molar-refractivity contribution in [2.45, 2.75) is 11.5 Å². The SMILES string of the molecule is COc1ccc2c(c1)[C@]1(C(=O)N2)N(C)C[C@@H](c2ccc(F)cc2)[C@@]12CN(C)C/C(=C\c1ccc(F)cc1)C2=O. The number of hydrogen-bond donors (Lipinski definition) is 1. The summed E-state index contributed by atoms with van der Waals surface area (Å²) in [7, 11) is 5.36. The van der Waals surface area contributed by atoms with E-state index in [4.69, 9.17) is 4.74 Å². The molecule has 3 atom stereocenters. The Morgan fingerprint density at radius 1 is 0.974 bits per heavy atom. The number of nitrogens with one attached hydrogen (secondary N) is 1. The summed E-state index contributed by atoms with van der Waals surface area (Å²) in [5, 5.41) is 3.04. The van der Waals surface area contributed by atoms with E-state index in [2.05, 4.69) is 10.2 Å². The van der Waals surface area contributed by atoms with Gasteiger partial charge in [-0.1, -0.05) is 24.3 Å². The predicted molar refractivity (Wildman–Crippen MR) is 144 cm³/mol. The first-order valence-electron chi connectivity index (χ1n) is 12.9. The Kier molecular flexibility index (Phi) is 5.93. The Bertz CT molecular complexity index is 1500. The van der Waals surface area contributed by atoms with Crippen LogP contribution < -0.4 is 10.1 Å². The second kappa shape index (κ2) is 9.10. The lowest BCUT2D eigenvalue weighted by Crippen LogP contribution is -2.65. The number of anilines is 1. The number of ketones is 1. The van der Waals surface area contributed by atoms with Gasteiger partial charge >= 0.3 is 0 Å². The normalized spacial score (nSPS) is 27.9. The van der Waals surface area contributed by atoms with Crippen LogP contribution in [0.5, 0.6) is 5.75 Å². The standard InChI is InChI=1S/C31H29F2N3O3/c1-35-16-21(14-19-4-8-22(32)9-5-19)28(37)30(18-35)26(20-6-10-23(33)11-7-20)17-36(2)31(30)25-15-24(39-3)12-13-27(25)34-29(31)38/h4-15,26H,16-18H2,1-3H3,(H,34,38)/b21-14+/t26-,30+,31+/m0/s1. The molecule has 0 bridgehead atoms. The maximum absolute atomic E-state index is 15.0. The smallest absolute Gasteiger partial charge is 0.250 e. The number of hydrogen-bond acceptors (Lipinski definition) is 5. The summed E-state index contributed by atoms with van der Waals surface area (Å²) in [4.78, 5) is 33.2. The number of nitrogens with zero attached hydrogens (tertiary/aromatic N) is 2. The first kappa shape index (κ1) is 25.4. The molecule has 3 heterocycles. The van der Waals surface area contributed by atoms with Gasteiger partial charge < -0.3 is 15.0 Å². The van der Waals surface area contributed by atoms with Crippen molar-refractivity contribution in [3.63, 3.8) is 0 Å². The number of fused-ring (bicyclic) bond motifs is 3. The molecular formula is C31H29F2N3O3. The fourth-order valence-electron chi connectivity index (χ4n) is 7.08. The van der Waals surface area contributed by atoms with E-state index in [0.717, 1.165) is 5.56 Å². The third kappa shape index (κ3) is 3.58. The van der Waals surface area contributed by atoms with Crippen molar-refractivity contribution in [1.82, 2.24) is 9.80 Å². The van der Waals surface area contributed by atoms with Gasteiger partial charge in [0.25, 0.3) is 5.91 Å². The number of piperidine rings is 1. The number of methoxy groups -OCH3 is 1. The average molecular weight is 530 g/mol. The molecule has 0 unspecified atom stereocenters. The molecule has 6 rings (SSSR count). The molecule has 2 fully saturated rings.